The third kappa shape index (κ3) is 8.38. The predicted molar refractivity (Wildman–Crippen MR) is 242 cm³/mol. The Kier molecular flexibility index (Phi) is 12.2. The SMILES string of the molecule is CC(C)(C)CN1c2ccccc2N(CC(C)(C)C)[Si]1([N-][Si]1([Si](C)(C)c2ccccc2)N(CC(C)(C)C)c2ccccc2N1CC(C)(C)C)[Si](C)(C)C.[Li+]. The zero-order valence-electron chi connectivity index (χ0n) is 37.1. The molecule has 0 unspecified atom stereocenters. The van der Waals surface area contributed by atoms with Crippen LogP contribution in [0.1, 0.15) is 83.1 Å². The van der Waals surface area contributed by atoms with Crippen molar-refractivity contribution < 1.29 is 18.9 Å². The van der Waals surface area contributed by atoms with Gasteiger partial charge in [0, 0.05) is 26.2 Å². The Morgan fingerprint density at radius 3 is 0.962 bits per heavy atom. The summed E-state index contributed by atoms with van der Waals surface area (Å²) in [6.45, 7) is 46.6. The maximum Gasteiger partial charge on any atom is 1.00 e. The molecule has 0 N–H and O–H groups in total. The summed E-state index contributed by atoms with van der Waals surface area (Å²) in [5, 5.41) is 1.52. The smallest absolute Gasteiger partial charge is 0.601 e. The fourth-order valence-corrected chi connectivity index (χ4v) is 47.1. The van der Waals surface area contributed by atoms with E-state index in [-0.39, 0.29) is 40.5 Å². The second kappa shape index (κ2) is 14.7. The van der Waals surface area contributed by atoms with Crippen LogP contribution in [0.15, 0.2) is 78.9 Å². The largest absolute Gasteiger partial charge is 1.00 e. The van der Waals surface area contributed by atoms with Crippen molar-refractivity contribution in [1.82, 2.24) is 0 Å². The molecule has 0 aliphatic carbocycles. The summed E-state index contributed by atoms with van der Waals surface area (Å²) >= 11 is 0. The Morgan fingerprint density at radius 2 is 0.698 bits per heavy atom. The number of hydrogen-bond acceptors (Lipinski definition) is 4. The molecular formula is C43H72LiN5Si4. The molecule has 3 aromatic carbocycles. The molecule has 2 aliphatic rings. The molecule has 0 atom stereocenters. The molecule has 0 amide bonds. The van der Waals surface area contributed by atoms with Gasteiger partial charge >= 0.3 is 18.9 Å². The molecule has 0 spiro atoms. The van der Waals surface area contributed by atoms with Crippen molar-refractivity contribution in [2.24, 2.45) is 21.7 Å². The van der Waals surface area contributed by atoms with E-state index >= 15 is 0 Å². The quantitative estimate of drug-likeness (QED) is 0.205. The maximum absolute atomic E-state index is 7.25. The van der Waals surface area contributed by atoms with Crippen molar-refractivity contribution in [2.45, 2.75) is 116 Å². The number of nitrogens with zero attached hydrogens (tertiary/aromatic N) is 5. The molecule has 5 nitrogen and oxygen atoms in total. The summed E-state index contributed by atoms with van der Waals surface area (Å²) in [6, 6.07) is 30.5. The molecule has 0 bridgehead atoms. The van der Waals surface area contributed by atoms with Gasteiger partial charge in [-0.15, -0.1) is 0 Å². The molecule has 0 saturated carbocycles. The molecule has 0 saturated heterocycles. The van der Waals surface area contributed by atoms with Crippen molar-refractivity contribution in [3.8, 4) is 0 Å². The summed E-state index contributed by atoms with van der Waals surface area (Å²) in [4.78, 5) is 0. The Hall–Kier alpha value is -1.72. The molecule has 0 fully saturated rings. The van der Waals surface area contributed by atoms with Crippen LogP contribution in [-0.2, 0) is 0 Å². The van der Waals surface area contributed by atoms with Gasteiger partial charge in [-0.3, -0.25) is 0 Å². The van der Waals surface area contributed by atoms with Gasteiger partial charge in [0.05, 0.1) is 30.3 Å². The van der Waals surface area contributed by atoms with E-state index in [2.05, 4.69) is 213 Å². The number of anilines is 4. The molecule has 0 aromatic heterocycles. The topological polar surface area (TPSA) is 27.1 Å². The molecule has 0 radical (unpaired) electrons. The zero-order valence-corrected chi connectivity index (χ0v) is 41.1. The third-order valence-electron chi connectivity index (χ3n) is 10.6. The van der Waals surface area contributed by atoms with Crippen molar-refractivity contribution in [1.29, 1.82) is 0 Å². The maximum atomic E-state index is 7.25. The number of rotatable bonds is 9. The first-order chi connectivity index (χ1) is 23.6. The zero-order chi connectivity index (χ0) is 38.9. The van der Waals surface area contributed by atoms with Crippen LogP contribution in [0.4, 0.5) is 22.7 Å². The van der Waals surface area contributed by atoms with Crippen LogP contribution in [0.25, 0.3) is 4.65 Å². The monoisotopic (exact) mass is 778 g/mol. The number of fused-ring (bicyclic) bond motifs is 2. The molecule has 2 aliphatic heterocycles. The van der Waals surface area contributed by atoms with E-state index in [0.29, 0.717) is 0 Å². The van der Waals surface area contributed by atoms with Gasteiger partial charge in [-0.2, -0.15) is 0 Å². The summed E-state index contributed by atoms with van der Waals surface area (Å²) < 4.78 is 19.2. The van der Waals surface area contributed by atoms with Crippen LogP contribution < -0.4 is 42.3 Å². The first-order valence-electron chi connectivity index (χ1n) is 19.7. The summed E-state index contributed by atoms with van der Waals surface area (Å²) in [5.41, 5.74) is 5.93. The van der Waals surface area contributed by atoms with Crippen molar-refractivity contribution >= 4 is 59.3 Å². The average Bonchev–Trinajstić information content (AvgIpc) is 3.38. The minimum atomic E-state index is -3.06. The van der Waals surface area contributed by atoms with Gasteiger partial charge in [-0.1, -0.05) is 176 Å². The van der Waals surface area contributed by atoms with Crippen LogP contribution in [0, 0.1) is 21.7 Å². The van der Waals surface area contributed by atoms with E-state index in [1.54, 1.807) is 0 Å². The minimum Gasteiger partial charge on any atom is -0.601 e. The number of benzene rings is 3. The molecular weight excluding hydrogens is 706 g/mol. The van der Waals surface area contributed by atoms with Crippen LogP contribution in [0.3, 0.4) is 0 Å². The predicted octanol–water partition coefficient (Wildman–Crippen LogP) is 8.19. The van der Waals surface area contributed by atoms with Crippen LogP contribution in [-0.4, -0.2) is 57.5 Å². The van der Waals surface area contributed by atoms with E-state index in [0.717, 1.165) is 26.2 Å². The molecule has 5 rings (SSSR count). The fourth-order valence-electron chi connectivity index (χ4n) is 8.78. The van der Waals surface area contributed by atoms with Crippen molar-refractivity contribution in [3.63, 3.8) is 0 Å². The summed E-state index contributed by atoms with van der Waals surface area (Å²) in [6.07, 6.45) is 0. The van der Waals surface area contributed by atoms with Gasteiger partial charge in [0.2, 0.25) is 0 Å². The summed E-state index contributed by atoms with van der Waals surface area (Å²) in [7, 11) is -10.6. The Labute approximate surface area is 341 Å². The van der Waals surface area contributed by atoms with Crippen LogP contribution in [0.2, 0.25) is 32.7 Å². The van der Waals surface area contributed by atoms with E-state index in [9.17, 15) is 0 Å². The standard InChI is InChI=1S/C43H72N5Si4.Li/c1-40(2,3)31-45-36-27-21-22-28-37(36)46(32-41(4,5)6)51(45,49(13,14)15)44-52(50(16,17)35-25-19-18-20-26-35)47(33-42(7,8)9)38-29-23-24-30-39(38)48(52)34-43(10,11)12;/h18-30H,31-34H2,1-17H3;/q-1;+1. The molecule has 10 heteroatoms. The first kappa shape index (κ1) is 44.0. The van der Waals surface area contributed by atoms with Gasteiger partial charge < -0.3 is 22.9 Å². The van der Waals surface area contributed by atoms with Crippen LogP contribution in [0.5, 0.6) is 0 Å². The van der Waals surface area contributed by atoms with Gasteiger partial charge in [-0.05, 0) is 45.9 Å². The van der Waals surface area contributed by atoms with Crippen molar-refractivity contribution in [3.05, 3.63) is 83.5 Å². The summed E-state index contributed by atoms with van der Waals surface area (Å²) in [5.74, 6) is 0. The van der Waals surface area contributed by atoms with E-state index in [1.807, 2.05) is 0 Å². The molecule has 3 aromatic rings. The molecule has 53 heavy (non-hydrogen) atoms. The Morgan fingerprint density at radius 1 is 0.434 bits per heavy atom. The van der Waals surface area contributed by atoms with E-state index in [1.165, 1.54) is 27.9 Å². The number of para-hydroxylation sites is 4. The molecule has 2 heterocycles. The van der Waals surface area contributed by atoms with Gasteiger partial charge in [-0.25, -0.2) is 0 Å². The Bertz CT molecular complexity index is 1630. The Balaban J connectivity index is 0.00000627. The van der Waals surface area contributed by atoms with E-state index < -0.39 is 31.3 Å². The fraction of sp³-hybridized carbons (Fsp3) is 0.581. The minimum absolute atomic E-state index is 0. The average molecular weight is 778 g/mol. The second-order valence-corrected chi connectivity index (χ2v) is 48.4. The number of hydrogen-bond donors (Lipinski definition) is 0. The van der Waals surface area contributed by atoms with E-state index in [4.69, 9.17) is 4.65 Å². The van der Waals surface area contributed by atoms with Gasteiger partial charge in [0.25, 0.3) is 0 Å². The van der Waals surface area contributed by atoms with Crippen LogP contribution >= 0.6 is 0 Å². The second-order valence-electron chi connectivity index (χ2n) is 22.2. The van der Waals surface area contributed by atoms with Gasteiger partial charge in [0.15, 0.2) is 0 Å². The molecule has 286 valence electrons. The normalized spacial score (nSPS) is 17.5. The first-order valence-corrected chi connectivity index (χ1v) is 31.9. The van der Waals surface area contributed by atoms with Crippen molar-refractivity contribution in [2.75, 3.05) is 44.4 Å². The third-order valence-corrected chi connectivity index (χ3v) is 40.4. The van der Waals surface area contributed by atoms with Gasteiger partial charge in [0.1, 0.15) is 23.7 Å².